The number of aryl methyl sites for hydroxylation is 1. The molecule has 0 unspecified atom stereocenters. The monoisotopic (exact) mass is 285 g/mol. The molecule has 4 nitrogen and oxygen atoms in total. The van der Waals surface area contributed by atoms with Gasteiger partial charge < -0.3 is 10.1 Å². The molecule has 1 saturated carbocycles. The summed E-state index contributed by atoms with van der Waals surface area (Å²) >= 11 is 0. The Hall–Kier alpha value is -1.81. The van der Waals surface area contributed by atoms with Gasteiger partial charge >= 0.3 is 0 Å². The Balaban J connectivity index is 1.63. The van der Waals surface area contributed by atoms with Crippen LogP contribution in [0.15, 0.2) is 36.7 Å². The van der Waals surface area contributed by atoms with E-state index in [1.54, 1.807) is 7.11 Å². The number of nitrogens with zero attached hydrogens (tertiary/aromatic N) is 2. The Morgan fingerprint density at radius 1 is 1.33 bits per heavy atom. The fraction of sp³-hybridized carbons (Fsp3) is 0.471. The van der Waals surface area contributed by atoms with Crippen molar-refractivity contribution in [2.45, 2.75) is 31.2 Å². The van der Waals surface area contributed by atoms with Crippen molar-refractivity contribution in [2.24, 2.45) is 7.05 Å². The van der Waals surface area contributed by atoms with Crippen molar-refractivity contribution in [3.63, 3.8) is 0 Å². The van der Waals surface area contributed by atoms with Gasteiger partial charge in [-0.1, -0.05) is 12.1 Å². The molecule has 112 valence electrons. The minimum Gasteiger partial charge on any atom is -0.497 e. The number of hydrogen-bond donors (Lipinski definition) is 1. The third-order valence-electron chi connectivity index (χ3n) is 4.53. The first-order valence-electron chi connectivity index (χ1n) is 7.49. The van der Waals surface area contributed by atoms with Crippen molar-refractivity contribution in [1.29, 1.82) is 0 Å². The number of nitrogens with one attached hydrogen (secondary N) is 1. The molecular weight excluding hydrogens is 262 g/mol. The highest BCUT2D eigenvalue weighted by atomic mass is 16.5. The summed E-state index contributed by atoms with van der Waals surface area (Å²) in [6.45, 7) is 3.20. The summed E-state index contributed by atoms with van der Waals surface area (Å²) in [7, 11) is 3.66. The third-order valence-corrected chi connectivity index (χ3v) is 4.53. The van der Waals surface area contributed by atoms with Gasteiger partial charge in [-0.2, -0.15) is 5.10 Å². The van der Waals surface area contributed by atoms with Crippen LogP contribution in [0.3, 0.4) is 0 Å². The van der Waals surface area contributed by atoms with E-state index in [2.05, 4.69) is 47.8 Å². The minimum absolute atomic E-state index is 0.308. The van der Waals surface area contributed by atoms with Crippen molar-refractivity contribution in [3.8, 4) is 5.75 Å². The Morgan fingerprint density at radius 3 is 2.57 bits per heavy atom. The second kappa shape index (κ2) is 5.53. The maximum atomic E-state index is 5.24. The van der Waals surface area contributed by atoms with Crippen LogP contribution in [0.2, 0.25) is 0 Å². The normalized spacial score (nSPS) is 17.5. The molecule has 0 saturated heterocycles. The van der Waals surface area contributed by atoms with E-state index in [9.17, 15) is 0 Å². The number of rotatable bonds is 6. The molecule has 1 aromatic carbocycles. The van der Waals surface area contributed by atoms with Crippen LogP contribution in [0.25, 0.3) is 0 Å². The van der Waals surface area contributed by atoms with Gasteiger partial charge in [-0.3, -0.25) is 4.68 Å². The number of ether oxygens (including phenoxy) is 1. The lowest BCUT2D eigenvalue weighted by molar-refractivity contribution is 0.414. The molecular formula is C17H23N3O. The summed E-state index contributed by atoms with van der Waals surface area (Å²) in [5, 5.41) is 7.90. The van der Waals surface area contributed by atoms with Crippen molar-refractivity contribution < 1.29 is 4.74 Å². The topological polar surface area (TPSA) is 39.1 Å². The Morgan fingerprint density at radius 2 is 2.05 bits per heavy atom. The van der Waals surface area contributed by atoms with E-state index in [1.165, 1.54) is 24.0 Å². The summed E-state index contributed by atoms with van der Waals surface area (Å²) < 4.78 is 7.09. The van der Waals surface area contributed by atoms with Crippen LogP contribution in [0, 0.1) is 0 Å². The van der Waals surface area contributed by atoms with Crippen molar-refractivity contribution in [1.82, 2.24) is 15.1 Å². The fourth-order valence-electron chi connectivity index (χ4n) is 2.79. The Kier molecular flexibility index (Phi) is 3.72. The van der Waals surface area contributed by atoms with Gasteiger partial charge in [-0.05, 0) is 37.5 Å². The predicted octanol–water partition coefficient (Wildman–Crippen LogP) is 2.81. The summed E-state index contributed by atoms with van der Waals surface area (Å²) in [6.07, 6.45) is 6.52. The Labute approximate surface area is 126 Å². The highest BCUT2D eigenvalue weighted by Crippen LogP contribution is 2.48. The standard InChI is InChI=1S/C17H23N3O/c1-13(14-10-19-20(2)11-14)18-12-17(8-9-17)15-4-6-16(21-3)7-5-15/h4-7,10-11,13,18H,8-9,12H2,1-3H3/t13-/m1/s1. The maximum Gasteiger partial charge on any atom is 0.118 e. The van der Waals surface area contributed by atoms with Crippen molar-refractivity contribution in [3.05, 3.63) is 47.8 Å². The van der Waals surface area contributed by atoms with Gasteiger partial charge in [0.15, 0.2) is 0 Å². The molecule has 1 aliphatic rings. The van der Waals surface area contributed by atoms with Crippen LogP contribution in [0.1, 0.15) is 36.9 Å². The highest BCUT2D eigenvalue weighted by Gasteiger charge is 2.44. The first-order chi connectivity index (χ1) is 10.1. The van der Waals surface area contributed by atoms with Crippen molar-refractivity contribution >= 4 is 0 Å². The van der Waals surface area contributed by atoms with E-state index in [1.807, 2.05) is 17.9 Å². The summed E-state index contributed by atoms with van der Waals surface area (Å²) in [5.74, 6) is 0.922. The maximum absolute atomic E-state index is 5.24. The highest BCUT2D eigenvalue weighted by molar-refractivity contribution is 5.36. The molecule has 4 heteroatoms. The average Bonchev–Trinajstić information content (AvgIpc) is 3.19. The summed E-state index contributed by atoms with van der Waals surface area (Å²) in [5.41, 5.74) is 2.96. The molecule has 0 bridgehead atoms. The summed E-state index contributed by atoms with van der Waals surface area (Å²) in [6, 6.07) is 8.83. The smallest absolute Gasteiger partial charge is 0.118 e. The van der Waals surface area contributed by atoms with E-state index in [-0.39, 0.29) is 0 Å². The first kappa shape index (κ1) is 14.1. The molecule has 0 radical (unpaired) electrons. The van der Waals surface area contributed by atoms with Crippen LogP contribution in [0.4, 0.5) is 0 Å². The van der Waals surface area contributed by atoms with Gasteiger partial charge in [0.25, 0.3) is 0 Å². The molecule has 1 aromatic heterocycles. The third kappa shape index (κ3) is 2.95. The van der Waals surface area contributed by atoms with Crippen LogP contribution in [-0.2, 0) is 12.5 Å². The molecule has 0 amide bonds. The average molecular weight is 285 g/mol. The van der Waals surface area contributed by atoms with Gasteiger partial charge in [0.05, 0.1) is 13.3 Å². The second-order valence-corrected chi connectivity index (χ2v) is 6.06. The van der Waals surface area contributed by atoms with E-state index >= 15 is 0 Å². The number of hydrogen-bond acceptors (Lipinski definition) is 3. The fourth-order valence-corrected chi connectivity index (χ4v) is 2.79. The number of methoxy groups -OCH3 is 1. The van der Waals surface area contributed by atoms with Gasteiger partial charge in [-0.25, -0.2) is 0 Å². The lowest BCUT2D eigenvalue weighted by atomic mass is 9.95. The molecule has 1 heterocycles. The van der Waals surface area contributed by atoms with E-state index < -0.39 is 0 Å². The van der Waals surface area contributed by atoms with Crippen LogP contribution in [-0.4, -0.2) is 23.4 Å². The van der Waals surface area contributed by atoms with Gasteiger partial charge in [0.2, 0.25) is 0 Å². The lowest BCUT2D eigenvalue weighted by Gasteiger charge is -2.20. The quantitative estimate of drug-likeness (QED) is 0.887. The number of aromatic nitrogens is 2. The molecule has 1 atom stereocenters. The zero-order chi connectivity index (χ0) is 14.9. The van der Waals surface area contributed by atoms with Crippen LogP contribution >= 0.6 is 0 Å². The number of benzene rings is 1. The predicted molar refractivity (Wildman–Crippen MR) is 83.5 cm³/mol. The van der Waals surface area contributed by atoms with Gasteiger partial charge in [-0.15, -0.1) is 0 Å². The van der Waals surface area contributed by atoms with Crippen molar-refractivity contribution in [2.75, 3.05) is 13.7 Å². The van der Waals surface area contributed by atoms with E-state index in [0.29, 0.717) is 11.5 Å². The molecule has 1 aliphatic carbocycles. The van der Waals surface area contributed by atoms with E-state index in [4.69, 9.17) is 4.74 Å². The lowest BCUT2D eigenvalue weighted by Crippen LogP contribution is -2.29. The first-order valence-corrected chi connectivity index (χ1v) is 7.49. The minimum atomic E-state index is 0.308. The van der Waals surface area contributed by atoms with Crippen LogP contribution < -0.4 is 10.1 Å². The zero-order valence-corrected chi connectivity index (χ0v) is 13.0. The molecule has 2 aromatic rings. The molecule has 1 N–H and O–H groups in total. The van der Waals surface area contributed by atoms with Gasteiger partial charge in [0, 0.05) is 36.8 Å². The molecule has 0 aliphatic heterocycles. The zero-order valence-electron chi connectivity index (χ0n) is 13.0. The molecule has 21 heavy (non-hydrogen) atoms. The Bertz CT molecular complexity index is 599. The van der Waals surface area contributed by atoms with Gasteiger partial charge in [0.1, 0.15) is 5.75 Å². The van der Waals surface area contributed by atoms with Crippen LogP contribution in [0.5, 0.6) is 5.75 Å². The molecule has 3 rings (SSSR count). The largest absolute Gasteiger partial charge is 0.497 e. The second-order valence-electron chi connectivity index (χ2n) is 6.06. The molecule has 0 spiro atoms. The summed E-state index contributed by atoms with van der Waals surface area (Å²) in [4.78, 5) is 0. The van der Waals surface area contributed by atoms with E-state index in [0.717, 1.165) is 12.3 Å². The molecule has 1 fully saturated rings. The SMILES string of the molecule is COc1ccc(C2(CN[C@H](C)c3cnn(C)c3)CC2)cc1.